The molecule has 294 valence electrons. The third-order valence-electron chi connectivity index (χ3n) is 8.45. The number of rotatable bonds is 28. The molecular weight excluding hydrogens is 696 g/mol. The third kappa shape index (κ3) is 16.4. The van der Waals surface area contributed by atoms with Crippen LogP contribution >= 0.6 is 0 Å². The van der Waals surface area contributed by atoms with Crippen LogP contribution in [0.4, 0.5) is 0 Å². The summed E-state index contributed by atoms with van der Waals surface area (Å²) in [6.07, 6.45) is 15.6. The summed E-state index contributed by atoms with van der Waals surface area (Å²) in [5, 5.41) is 0. The van der Waals surface area contributed by atoms with E-state index in [-0.39, 0.29) is 25.8 Å². The van der Waals surface area contributed by atoms with Crippen LogP contribution in [0, 0.1) is 0 Å². The van der Waals surface area contributed by atoms with E-state index in [9.17, 15) is 9.59 Å². The zero-order valence-electron chi connectivity index (χ0n) is 31.0. The first-order valence-corrected chi connectivity index (χ1v) is 18.7. The molecule has 4 rings (SSSR count). The van der Waals surface area contributed by atoms with Crippen LogP contribution in [-0.2, 0) is 48.1 Å². The number of hydrogen-bond acceptors (Lipinski definition) is 12. The van der Waals surface area contributed by atoms with Crippen molar-refractivity contribution in [2.24, 2.45) is 0 Å². The molecule has 2 aliphatic rings. The van der Waals surface area contributed by atoms with Crippen molar-refractivity contribution in [3.05, 3.63) is 97.1 Å². The van der Waals surface area contributed by atoms with E-state index in [1.54, 1.807) is 12.2 Å². The molecule has 0 N–H and O–H groups in total. The van der Waals surface area contributed by atoms with E-state index in [0.717, 1.165) is 74.0 Å². The Balaban J connectivity index is 1.03. The lowest BCUT2D eigenvalue weighted by molar-refractivity contribution is -0.326. The van der Waals surface area contributed by atoms with Gasteiger partial charge in [-0.3, -0.25) is 0 Å². The average Bonchev–Trinajstić information content (AvgIpc) is 3.79. The Morgan fingerprint density at radius 2 is 1.20 bits per heavy atom. The fraction of sp³-hybridized carbons (Fsp3) is 0.476. The zero-order valence-corrected chi connectivity index (χ0v) is 31.0. The molecule has 0 saturated carbocycles. The molecule has 2 aromatic carbocycles. The zero-order chi connectivity index (χ0) is 38.1. The van der Waals surface area contributed by atoms with Gasteiger partial charge in [0.15, 0.2) is 6.10 Å². The van der Waals surface area contributed by atoms with Gasteiger partial charge in [0.05, 0.1) is 39.6 Å². The minimum atomic E-state index is -0.543. The molecule has 2 aromatic rings. The van der Waals surface area contributed by atoms with Crippen LogP contribution in [0.5, 0.6) is 11.5 Å². The van der Waals surface area contributed by atoms with Gasteiger partial charge in [0, 0.05) is 12.2 Å². The van der Waals surface area contributed by atoms with Gasteiger partial charge in [-0.25, -0.2) is 29.1 Å². The SMILES string of the molecule is C=CCOOCCCCCCOc1ccc(C=CCOO[C@H]2CO[C@H]3C(OC(=O)C=Cc4ccc(OCCCCCCOC(=O)C=C)cc4)CO[C@@H]23)cc1. The summed E-state index contributed by atoms with van der Waals surface area (Å²) in [7, 11) is 0. The molecule has 12 nitrogen and oxygen atoms in total. The quantitative estimate of drug-likeness (QED) is 0.0218. The van der Waals surface area contributed by atoms with Gasteiger partial charge in [0.2, 0.25) is 0 Å². The summed E-state index contributed by atoms with van der Waals surface area (Å²) in [6.45, 7) is 10.3. The van der Waals surface area contributed by atoms with Gasteiger partial charge in [-0.2, -0.15) is 0 Å². The summed E-state index contributed by atoms with van der Waals surface area (Å²) in [5.41, 5.74) is 1.85. The maximum Gasteiger partial charge on any atom is 0.331 e. The van der Waals surface area contributed by atoms with Gasteiger partial charge in [0.1, 0.15) is 43.0 Å². The fourth-order valence-electron chi connectivity index (χ4n) is 5.61. The fourth-order valence-corrected chi connectivity index (χ4v) is 5.61. The van der Waals surface area contributed by atoms with E-state index in [0.29, 0.717) is 33.0 Å². The molecule has 0 bridgehead atoms. The van der Waals surface area contributed by atoms with Crippen molar-refractivity contribution >= 4 is 24.1 Å². The molecule has 2 fully saturated rings. The van der Waals surface area contributed by atoms with E-state index >= 15 is 0 Å². The number of fused-ring (bicyclic) bond motifs is 1. The van der Waals surface area contributed by atoms with E-state index < -0.39 is 30.4 Å². The molecule has 2 heterocycles. The topological polar surface area (TPSA) is 126 Å². The number of hydrogen-bond donors (Lipinski definition) is 0. The Kier molecular flexibility index (Phi) is 20.2. The molecule has 54 heavy (non-hydrogen) atoms. The number of unbranched alkanes of at least 4 members (excludes halogenated alkanes) is 6. The van der Waals surface area contributed by atoms with E-state index in [2.05, 4.69) is 13.2 Å². The minimum absolute atomic E-state index is 0.213. The maximum atomic E-state index is 12.6. The monoisotopic (exact) mass is 750 g/mol. The highest BCUT2D eigenvalue weighted by molar-refractivity contribution is 5.87. The van der Waals surface area contributed by atoms with Crippen LogP contribution in [0.1, 0.15) is 62.5 Å². The van der Waals surface area contributed by atoms with Crippen molar-refractivity contribution in [1.29, 1.82) is 0 Å². The first-order chi connectivity index (χ1) is 26.6. The van der Waals surface area contributed by atoms with Crippen molar-refractivity contribution in [2.75, 3.05) is 52.9 Å². The molecule has 2 aliphatic heterocycles. The van der Waals surface area contributed by atoms with Gasteiger partial charge < -0.3 is 28.4 Å². The highest BCUT2D eigenvalue weighted by Gasteiger charge is 2.50. The van der Waals surface area contributed by atoms with Crippen molar-refractivity contribution in [2.45, 2.75) is 75.8 Å². The second-order valence-electron chi connectivity index (χ2n) is 12.7. The van der Waals surface area contributed by atoms with Crippen LogP contribution in [0.3, 0.4) is 0 Å². The molecule has 12 heteroatoms. The number of carbonyl (C=O) groups is 2. The molecule has 0 radical (unpaired) electrons. The summed E-state index contributed by atoms with van der Waals surface area (Å²) in [6, 6.07) is 15.3. The number of carbonyl (C=O) groups excluding carboxylic acids is 2. The second kappa shape index (κ2) is 25.7. The maximum absolute atomic E-state index is 12.6. The van der Waals surface area contributed by atoms with Crippen LogP contribution in [0.25, 0.3) is 12.2 Å². The number of ether oxygens (including phenoxy) is 6. The smallest absolute Gasteiger partial charge is 0.331 e. The lowest BCUT2D eigenvalue weighted by Gasteiger charge is -2.16. The largest absolute Gasteiger partial charge is 0.494 e. The average molecular weight is 751 g/mol. The minimum Gasteiger partial charge on any atom is -0.494 e. The summed E-state index contributed by atoms with van der Waals surface area (Å²) >= 11 is 0. The lowest BCUT2D eigenvalue weighted by atomic mass is 10.1. The highest BCUT2D eigenvalue weighted by Crippen LogP contribution is 2.31. The standard InChI is InChI=1S/C42H54O12/c1-3-25-50-51-29-12-8-7-10-27-45-35-20-15-33(16-21-35)14-13-30-52-54-38-32-49-41-37(31-48-42(38)41)53-40(44)24-19-34-17-22-36(23-18-34)46-26-9-5-6-11-28-47-39(43)4-2/h3-4,13-24,37-38,41-42H,1-2,5-12,25-32H2/t37?,38-,41-,42-/m0/s1. The van der Waals surface area contributed by atoms with Crippen LogP contribution in [0.2, 0.25) is 0 Å². The first-order valence-electron chi connectivity index (χ1n) is 18.7. The third-order valence-corrected chi connectivity index (χ3v) is 8.45. The van der Waals surface area contributed by atoms with Gasteiger partial charge >= 0.3 is 11.9 Å². The van der Waals surface area contributed by atoms with Crippen molar-refractivity contribution in [3.8, 4) is 11.5 Å². The van der Waals surface area contributed by atoms with Gasteiger partial charge in [-0.05, 0) is 86.4 Å². The highest BCUT2D eigenvalue weighted by atomic mass is 17.2. The molecule has 1 unspecified atom stereocenters. The molecule has 0 amide bonds. The number of esters is 2. The summed E-state index contributed by atoms with van der Waals surface area (Å²) < 4.78 is 33.9. The van der Waals surface area contributed by atoms with Crippen LogP contribution < -0.4 is 9.47 Å². The predicted molar refractivity (Wildman–Crippen MR) is 202 cm³/mol. The molecule has 0 aromatic heterocycles. The van der Waals surface area contributed by atoms with E-state index in [1.165, 1.54) is 12.2 Å². The lowest BCUT2D eigenvalue weighted by Crippen LogP contribution is -2.34. The van der Waals surface area contributed by atoms with Gasteiger partial charge in [-0.1, -0.05) is 55.5 Å². The predicted octanol–water partition coefficient (Wildman–Crippen LogP) is 7.18. The number of benzene rings is 2. The first kappa shape index (κ1) is 42.4. The second-order valence-corrected chi connectivity index (χ2v) is 12.7. The summed E-state index contributed by atoms with van der Waals surface area (Å²) in [4.78, 5) is 44.5. The van der Waals surface area contributed by atoms with Crippen molar-refractivity contribution in [3.63, 3.8) is 0 Å². The van der Waals surface area contributed by atoms with Gasteiger partial charge in [-0.15, -0.1) is 6.58 Å². The molecule has 2 saturated heterocycles. The van der Waals surface area contributed by atoms with E-state index in [4.69, 9.17) is 48.0 Å². The molecule has 4 atom stereocenters. The molecule has 0 aliphatic carbocycles. The van der Waals surface area contributed by atoms with Crippen LogP contribution in [-0.4, -0.2) is 89.2 Å². The molecule has 0 spiro atoms. The van der Waals surface area contributed by atoms with Crippen molar-refractivity contribution in [1.82, 2.24) is 0 Å². The van der Waals surface area contributed by atoms with Crippen LogP contribution in [0.15, 0.2) is 86.0 Å². The Bertz CT molecular complexity index is 1440. The molecular formula is C42H54O12. The van der Waals surface area contributed by atoms with E-state index in [1.807, 2.05) is 60.7 Å². The Labute approximate surface area is 318 Å². The summed E-state index contributed by atoms with van der Waals surface area (Å²) in [5.74, 6) is 0.711. The Hall–Kier alpha value is -4.30. The van der Waals surface area contributed by atoms with Gasteiger partial charge in [0.25, 0.3) is 0 Å². The Morgan fingerprint density at radius 1 is 0.630 bits per heavy atom. The normalized spacial score (nSPS) is 19.2. The van der Waals surface area contributed by atoms with Crippen molar-refractivity contribution < 1.29 is 57.6 Å². The Morgan fingerprint density at radius 3 is 1.83 bits per heavy atom.